The van der Waals surface area contributed by atoms with Crippen molar-refractivity contribution >= 4 is 28.8 Å². The summed E-state index contributed by atoms with van der Waals surface area (Å²) in [4.78, 5) is 26.6. The van der Waals surface area contributed by atoms with Gasteiger partial charge in [-0.15, -0.1) is 11.3 Å². The molecule has 1 aromatic carbocycles. The Morgan fingerprint density at radius 1 is 1.32 bits per heavy atom. The van der Waals surface area contributed by atoms with Crippen LogP contribution in [0.25, 0.3) is 0 Å². The molecule has 1 atom stereocenters. The van der Waals surface area contributed by atoms with Crippen LogP contribution in [0.1, 0.15) is 16.1 Å². The van der Waals surface area contributed by atoms with Gasteiger partial charge in [0.1, 0.15) is 5.75 Å². The van der Waals surface area contributed by atoms with Crippen LogP contribution in [0.4, 0.5) is 5.69 Å². The van der Waals surface area contributed by atoms with Crippen molar-refractivity contribution in [2.75, 3.05) is 18.6 Å². The third-order valence-electron chi connectivity index (χ3n) is 3.59. The van der Waals surface area contributed by atoms with Crippen molar-refractivity contribution in [1.82, 2.24) is 5.32 Å². The van der Waals surface area contributed by atoms with Crippen LogP contribution < -0.4 is 15.0 Å². The minimum atomic E-state index is -0.163. The number of rotatable bonds is 4. The molecule has 1 saturated heterocycles. The standard InChI is InChI=1S/C16H16N2O3S/c1-21-13-6-4-12(5-7-13)18-10-11(9-15(18)19)17-16(20)14-3-2-8-22-14/h2-8,11H,9-10H2,1H3,(H,17,20)/t11-/m0/s1. The lowest BCUT2D eigenvalue weighted by molar-refractivity contribution is -0.117. The van der Waals surface area contributed by atoms with Crippen molar-refractivity contribution in [2.45, 2.75) is 12.5 Å². The number of carbonyl (C=O) groups excluding carboxylic acids is 2. The van der Waals surface area contributed by atoms with E-state index < -0.39 is 0 Å². The summed E-state index contributed by atoms with van der Waals surface area (Å²) in [6.45, 7) is 0.488. The van der Waals surface area contributed by atoms with Crippen molar-refractivity contribution in [2.24, 2.45) is 0 Å². The molecule has 3 rings (SSSR count). The Labute approximate surface area is 132 Å². The van der Waals surface area contributed by atoms with Crippen molar-refractivity contribution in [3.63, 3.8) is 0 Å². The summed E-state index contributed by atoms with van der Waals surface area (Å²) in [5.74, 6) is 0.643. The Hall–Kier alpha value is -2.34. The Kier molecular flexibility index (Phi) is 4.11. The zero-order valence-electron chi connectivity index (χ0n) is 12.1. The summed E-state index contributed by atoms with van der Waals surface area (Å²) in [6, 6.07) is 10.8. The lowest BCUT2D eigenvalue weighted by atomic mass is 10.2. The Morgan fingerprint density at radius 2 is 2.09 bits per heavy atom. The second-order valence-electron chi connectivity index (χ2n) is 5.05. The fraction of sp³-hybridized carbons (Fsp3) is 0.250. The van der Waals surface area contributed by atoms with Gasteiger partial charge in [-0.2, -0.15) is 0 Å². The van der Waals surface area contributed by atoms with E-state index in [1.807, 2.05) is 35.7 Å². The summed E-state index contributed by atoms with van der Waals surface area (Å²) >= 11 is 1.39. The van der Waals surface area contributed by atoms with Crippen molar-refractivity contribution < 1.29 is 14.3 Å². The molecule has 1 N–H and O–H groups in total. The van der Waals surface area contributed by atoms with E-state index in [1.165, 1.54) is 11.3 Å². The first-order valence-electron chi connectivity index (χ1n) is 6.96. The molecule has 2 amide bonds. The highest BCUT2D eigenvalue weighted by Crippen LogP contribution is 2.24. The number of benzene rings is 1. The Bertz CT molecular complexity index is 667. The van der Waals surface area contributed by atoms with Crippen LogP contribution in [0.3, 0.4) is 0 Å². The minimum Gasteiger partial charge on any atom is -0.497 e. The zero-order valence-corrected chi connectivity index (χ0v) is 12.9. The molecule has 1 aliphatic rings. The maximum atomic E-state index is 12.2. The number of hydrogen-bond donors (Lipinski definition) is 1. The fourth-order valence-corrected chi connectivity index (χ4v) is 3.11. The third kappa shape index (κ3) is 2.96. The molecule has 5 nitrogen and oxygen atoms in total. The molecule has 22 heavy (non-hydrogen) atoms. The van der Waals surface area contributed by atoms with Crippen LogP contribution in [0.5, 0.6) is 5.75 Å². The number of ether oxygens (including phenoxy) is 1. The van der Waals surface area contributed by atoms with Gasteiger partial charge in [0.25, 0.3) is 5.91 Å². The summed E-state index contributed by atoms with van der Waals surface area (Å²) in [6.07, 6.45) is 0.323. The highest BCUT2D eigenvalue weighted by molar-refractivity contribution is 7.12. The van der Waals surface area contributed by atoms with Gasteiger partial charge in [0.2, 0.25) is 5.91 Å². The predicted molar refractivity (Wildman–Crippen MR) is 85.5 cm³/mol. The number of carbonyl (C=O) groups is 2. The first-order valence-corrected chi connectivity index (χ1v) is 7.84. The molecule has 0 radical (unpaired) electrons. The third-order valence-corrected chi connectivity index (χ3v) is 4.46. The van der Waals surface area contributed by atoms with Crippen molar-refractivity contribution in [3.05, 3.63) is 46.7 Å². The van der Waals surface area contributed by atoms with E-state index in [0.717, 1.165) is 11.4 Å². The highest BCUT2D eigenvalue weighted by atomic mass is 32.1. The van der Waals surface area contributed by atoms with Crippen LogP contribution in [-0.4, -0.2) is 31.5 Å². The average molecular weight is 316 g/mol. The van der Waals surface area contributed by atoms with Gasteiger partial charge in [-0.3, -0.25) is 9.59 Å². The summed E-state index contributed by atoms with van der Waals surface area (Å²) < 4.78 is 5.11. The monoisotopic (exact) mass is 316 g/mol. The maximum absolute atomic E-state index is 12.2. The molecule has 0 aliphatic carbocycles. The first kappa shape index (κ1) is 14.6. The lowest BCUT2D eigenvalue weighted by Gasteiger charge is -2.17. The number of thiophene rings is 1. The summed E-state index contributed by atoms with van der Waals surface area (Å²) in [7, 11) is 1.60. The SMILES string of the molecule is COc1ccc(N2C[C@@H](NC(=O)c3cccs3)CC2=O)cc1. The molecule has 6 heteroatoms. The van der Waals surface area contributed by atoms with Crippen molar-refractivity contribution in [1.29, 1.82) is 0 Å². The minimum absolute atomic E-state index is 0.0154. The quantitative estimate of drug-likeness (QED) is 0.941. The van der Waals surface area contributed by atoms with E-state index in [-0.39, 0.29) is 17.9 Å². The first-order chi connectivity index (χ1) is 10.7. The topological polar surface area (TPSA) is 58.6 Å². The number of amides is 2. The second-order valence-corrected chi connectivity index (χ2v) is 6.00. The van der Waals surface area contributed by atoms with Gasteiger partial charge in [-0.05, 0) is 35.7 Å². The Balaban J connectivity index is 1.66. The van der Waals surface area contributed by atoms with Crippen LogP contribution in [-0.2, 0) is 4.79 Å². The lowest BCUT2D eigenvalue weighted by Crippen LogP contribution is -2.36. The molecular formula is C16H16N2O3S. The van der Waals surface area contributed by atoms with E-state index >= 15 is 0 Å². The molecule has 0 unspecified atom stereocenters. The second kappa shape index (κ2) is 6.19. The zero-order chi connectivity index (χ0) is 15.5. The van der Waals surface area contributed by atoms with E-state index in [9.17, 15) is 9.59 Å². The van der Waals surface area contributed by atoms with Gasteiger partial charge in [0.15, 0.2) is 0 Å². The largest absolute Gasteiger partial charge is 0.497 e. The van der Waals surface area contributed by atoms with Crippen LogP contribution in [0, 0.1) is 0 Å². The highest BCUT2D eigenvalue weighted by Gasteiger charge is 2.31. The molecule has 0 spiro atoms. The number of nitrogens with zero attached hydrogens (tertiary/aromatic N) is 1. The number of nitrogens with one attached hydrogen (secondary N) is 1. The maximum Gasteiger partial charge on any atom is 0.261 e. The molecule has 2 heterocycles. The number of methoxy groups -OCH3 is 1. The molecule has 0 saturated carbocycles. The van der Waals surface area contributed by atoms with Gasteiger partial charge < -0.3 is 15.0 Å². The van der Waals surface area contributed by atoms with Gasteiger partial charge >= 0.3 is 0 Å². The molecule has 2 aromatic rings. The van der Waals surface area contributed by atoms with E-state index in [0.29, 0.717) is 17.8 Å². The van der Waals surface area contributed by atoms with Gasteiger partial charge in [-0.25, -0.2) is 0 Å². The fourth-order valence-electron chi connectivity index (χ4n) is 2.48. The summed E-state index contributed by atoms with van der Waals surface area (Å²) in [5, 5.41) is 4.78. The Morgan fingerprint density at radius 3 is 2.73 bits per heavy atom. The van der Waals surface area contributed by atoms with Gasteiger partial charge in [-0.1, -0.05) is 6.07 Å². The predicted octanol–water partition coefficient (Wildman–Crippen LogP) is 2.29. The molecule has 1 fully saturated rings. The smallest absolute Gasteiger partial charge is 0.261 e. The number of hydrogen-bond acceptors (Lipinski definition) is 4. The molecular weight excluding hydrogens is 300 g/mol. The molecule has 0 bridgehead atoms. The van der Waals surface area contributed by atoms with Crippen LogP contribution in [0.15, 0.2) is 41.8 Å². The molecule has 1 aromatic heterocycles. The average Bonchev–Trinajstić information content (AvgIpc) is 3.17. The van der Waals surface area contributed by atoms with E-state index in [1.54, 1.807) is 18.1 Å². The number of anilines is 1. The molecule has 114 valence electrons. The van der Waals surface area contributed by atoms with Crippen molar-refractivity contribution in [3.8, 4) is 5.75 Å². The van der Waals surface area contributed by atoms with Crippen LogP contribution >= 0.6 is 11.3 Å². The van der Waals surface area contributed by atoms with E-state index in [2.05, 4.69) is 5.32 Å². The van der Waals surface area contributed by atoms with Gasteiger partial charge in [0.05, 0.1) is 18.0 Å². The molecule has 1 aliphatic heterocycles. The van der Waals surface area contributed by atoms with E-state index in [4.69, 9.17) is 4.74 Å². The van der Waals surface area contributed by atoms with Gasteiger partial charge in [0, 0.05) is 18.7 Å². The summed E-state index contributed by atoms with van der Waals surface area (Å²) in [5.41, 5.74) is 0.818. The van der Waals surface area contributed by atoms with Crippen LogP contribution in [0.2, 0.25) is 0 Å². The normalized spacial score (nSPS) is 17.6.